The van der Waals surface area contributed by atoms with E-state index in [-0.39, 0.29) is 35.3 Å². The van der Waals surface area contributed by atoms with Crippen LogP contribution in [-0.2, 0) is 40.7 Å². The van der Waals surface area contributed by atoms with E-state index in [0.29, 0.717) is 11.6 Å². The zero-order valence-electron chi connectivity index (χ0n) is 23.7. The number of aromatic nitrogens is 1. The molecule has 0 fully saturated rings. The number of amides is 1. The molecule has 2 aliphatic rings. The van der Waals surface area contributed by atoms with Gasteiger partial charge in [-0.05, 0) is 93.5 Å². The number of nitrogens with one attached hydrogen (secondary N) is 2. The topological polar surface area (TPSA) is 83.4 Å². The van der Waals surface area contributed by atoms with Gasteiger partial charge in [0.2, 0.25) is 15.9 Å². The monoisotopic (exact) mass is 582 g/mol. The molecule has 2 aromatic carbocycles. The zero-order chi connectivity index (χ0) is 28.7. The highest BCUT2D eigenvalue weighted by Crippen LogP contribution is 2.35. The predicted molar refractivity (Wildman–Crippen MR) is 159 cm³/mol. The molecule has 1 aromatic heterocycles. The molecule has 2 unspecified atom stereocenters. The summed E-state index contributed by atoms with van der Waals surface area (Å²) in [5.74, 6) is -0.138. The second-order valence-electron chi connectivity index (χ2n) is 12.1. The quantitative estimate of drug-likeness (QED) is 0.404. The van der Waals surface area contributed by atoms with Gasteiger partial charge in [-0.15, -0.1) is 0 Å². The molecule has 0 saturated carbocycles. The highest BCUT2D eigenvalue weighted by Gasteiger charge is 2.38. The summed E-state index contributed by atoms with van der Waals surface area (Å²) in [4.78, 5) is 13.5. The molecule has 5 rings (SSSR count). The molecule has 2 atom stereocenters. The molecule has 0 bridgehead atoms. The Balaban J connectivity index is 1.29. The van der Waals surface area contributed by atoms with E-state index in [9.17, 15) is 13.2 Å². The Morgan fingerprint density at radius 3 is 2.62 bits per heavy atom. The van der Waals surface area contributed by atoms with Crippen molar-refractivity contribution in [3.63, 3.8) is 0 Å². The molecule has 2 heterocycles. The van der Waals surface area contributed by atoms with E-state index < -0.39 is 16.1 Å². The maximum atomic E-state index is 13.8. The fourth-order valence-electron chi connectivity index (χ4n) is 5.68. The second-order valence-corrected chi connectivity index (χ2v) is 14.4. The summed E-state index contributed by atoms with van der Waals surface area (Å²) in [6, 6.07) is 14.7. The zero-order valence-corrected chi connectivity index (χ0v) is 25.3. The van der Waals surface area contributed by atoms with Gasteiger partial charge in [0.05, 0.1) is 10.9 Å². The standard InChI is InChI=1S/C31H39ClN4O3S/c1-21-7-12-26(18-27(21)32)40(38,39)36-15-14-35-13-5-6-28(35)29(36)19-30(37)34-25-11-10-23-16-22(8-9-24(23)17-25)20-33-31(2,3)4/h5-9,12-13,16,18,25,29,33H,10-11,14-15,17,19-20H2,1-4H3,(H,34,37). The van der Waals surface area contributed by atoms with Gasteiger partial charge in [0.25, 0.3) is 0 Å². The number of fused-ring (bicyclic) bond motifs is 2. The minimum atomic E-state index is -3.86. The lowest BCUT2D eigenvalue weighted by atomic mass is 9.87. The van der Waals surface area contributed by atoms with Gasteiger partial charge in [-0.25, -0.2) is 8.42 Å². The van der Waals surface area contributed by atoms with Gasteiger partial charge in [-0.2, -0.15) is 4.31 Å². The van der Waals surface area contributed by atoms with E-state index >= 15 is 0 Å². The van der Waals surface area contributed by atoms with Crippen molar-refractivity contribution in [2.75, 3.05) is 6.54 Å². The first-order valence-electron chi connectivity index (χ1n) is 14.0. The Morgan fingerprint density at radius 2 is 1.88 bits per heavy atom. The number of hydrogen-bond acceptors (Lipinski definition) is 4. The van der Waals surface area contributed by atoms with Crippen LogP contribution in [-0.4, -0.2) is 41.3 Å². The maximum absolute atomic E-state index is 13.8. The number of sulfonamides is 1. The molecule has 214 valence electrons. The van der Waals surface area contributed by atoms with Gasteiger partial charge in [0.1, 0.15) is 0 Å². The fraction of sp³-hybridized carbons (Fsp3) is 0.452. The largest absolute Gasteiger partial charge is 0.353 e. The van der Waals surface area contributed by atoms with Crippen molar-refractivity contribution in [2.45, 2.75) is 89.0 Å². The highest BCUT2D eigenvalue weighted by atomic mass is 35.5. The van der Waals surface area contributed by atoms with E-state index in [2.05, 4.69) is 49.6 Å². The number of hydrogen-bond donors (Lipinski definition) is 2. The smallest absolute Gasteiger partial charge is 0.243 e. The Labute approximate surface area is 243 Å². The number of halogens is 1. The lowest BCUT2D eigenvalue weighted by Crippen LogP contribution is -2.45. The number of carbonyl (C=O) groups is 1. The Bertz CT molecular complexity index is 1510. The van der Waals surface area contributed by atoms with Crippen LogP contribution in [0.25, 0.3) is 0 Å². The summed E-state index contributed by atoms with van der Waals surface area (Å²) in [5, 5.41) is 7.16. The molecule has 7 nitrogen and oxygen atoms in total. The average Bonchev–Trinajstić information content (AvgIpc) is 3.38. The second kappa shape index (κ2) is 11.3. The maximum Gasteiger partial charge on any atom is 0.243 e. The number of rotatable bonds is 7. The number of benzene rings is 2. The van der Waals surface area contributed by atoms with Crippen LogP contribution in [0.15, 0.2) is 59.6 Å². The highest BCUT2D eigenvalue weighted by molar-refractivity contribution is 7.89. The average molecular weight is 583 g/mol. The van der Waals surface area contributed by atoms with Crippen LogP contribution in [0.4, 0.5) is 0 Å². The van der Waals surface area contributed by atoms with Crippen molar-refractivity contribution in [2.24, 2.45) is 0 Å². The number of aryl methyl sites for hydroxylation is 2. The molecule has 1 aliphatic heterocycles. The predicted octanol–water partition coefficient (Wildman–Crippen LogP) is 5.15. The minimum absolute atomic E-state index is 0.0230. The van der Waals surface area contributed by atoms with Gasteiger partial charge in [-0.1, -0.05) is 35.9 Å². The SMILES string of the molecule is Cc1ccc(S(=O)(=O)N2CCn3cccc3C2CC(=O)NC2CCc3cc(CNC(C)(C)C)ccc3C2)cc1Cl. The first kappa shape index (κ1) is 28.9. The van der Waals surface area contributed by atoms with E-state index in [1.165, 1.54) is 27.1 Å². The molecular formula is C31H39ClN4O3S. The molecule has 0 radical (unpaired) electrons. The van der Waals surface area contributed by atoms with Crippen LogP contribution < -0.4 is 10.6 Å². The Morgan fingerprint density at radius 1 is 1.07 bits per heavy atom. The summed E-state index contributed by atoms with van der Waals surface area (Å²) in [7, 11) is -3.86. The van der Waals surface area contributed by atoms with Gasteiger partial charge in [-0.3, -0.25) is 4.79 Å². The van der Waals surface area contributed by atoms with E-state index in [1.807, 2.05) is 29.8 Å². The molecule has 1 amide bonds. The first-order chi connectivity index (χ1) is 18.9. The van der Waals surface area contributed by atoms with E-state index in [1.54, 1.807) is 12.1 Å². The van der Waals surface area contributed by atoms with Crippen molar-refractivity contribution in [3.8, 4) is 0 Å². The molecule has 9 heteroatoms. The number of nitrogens with zero attached hydrogens (tertiary/aromatic N) is 2. The van der Waals surface area contributed by atoms with Gasteiger partial charge >= 0.3 is 0 Å². The first-order valence-corrected chi connectivity index (χ1v) is 15.8. The van der Waals surface area contributed by atoms with Crippen molar-refractivity contribution >= 4 is 27.5 Å². The summed E-state index contributed by atoms with van der Waals surface area (Å²) < 4.78 is 31.0. The van der Waals surface area contributed by atoms with Crippen LogP contribution in [0, 0.1) is 6.92 Å². The minimum Gasteiger partial charge on any atom is -0.353 e. The van der Waals surface area contributed by atoms with Crippen molar-refractivity contribution in [1.29, 1.82) is 0 Å². The molecule has 0 saturated heterocycles. The third kappa shape index (κ3) is 6.30. The van der Waals surface area contributed by atoms with Crippen LogP contribution >= 0.6 is 11.6 Å². The lowest BCUT2D eigenvalue weighted by molar-refractivity contribution is -0.123. The lowest BCUT2D eigenvalue weighted by Gasteiger charge is -2.36. The Kier molecular flexibility index (Phi) is 8.17. The third-order valence-corrected chi connectivity index (χ3v) is 10.2. The van der Waals surface area contributed by atoms with Gasteiger partial charge in [0, 0.05) is 54.5 Å². The summed E-state index contributed by atoms with van der Waals surface area (Å²) in [6.07, 6.45) is 4.54. The van der Waals surface area contributed by atoms with Crippen LogP contribution in [0.1, 0.15) is 67.6 Å². The normalized spacial score (nSPS) is 19.6. The molecule has 40 heavy (non-hydrogen) atoms. The van der Waals surface area contributed by atoms with E-state index in [0.717, 1.165) is 37.1 Å². The molecular weight excluding hydrogens is 544 g/mol. The summed E-state index contributed by atoms with van der Waals surface area (Å²) in [6.45, 7) is 9.98. The summed E-state index contributed by atoms with van der Waals surface area (Å²) in [5.41, 5.74) is 5.59. The molecule has 2 N–H and O–H groups in total. The summed E-state index contributed by atoms with van der Waals surface area (Å²) >= 11 is 6.28. The molecule has 3 aromatic rings. The van der Waals surface area contributed by atoms with Crippen LogP contribution in [0.3, 0.4) is 0 Å². The van der Waals surface area contributed by atoms with Crippen LogP contribution in [0.5, 0.6) is 0 Å². The van der Waals surface area contributed by atoms with Gasteiger partial charge < -0.3 is 15.2 Å². The Hall–Kier alpha value is -2.65. The fourth-order valence-corrected chi connectivity index (χ4v) is 7.54. The van der Waals surface area contributed by atoms with Crippen molar-refractivity contribution in [3.05, 3.63) is 87.7 Å². The van der Waals surface area contributed by atoms with Crippen molar-refractivity contribution < 1.29 is 13.2 Å². The third-order valence-electron chi connectivity index (χ3n) is 7.93. The van der Waals surface area contributed by atoms with Crippen LogP contribution in [0.2, 0.25) is 5.02 Å². The number of carbonyl (C=O) groups excluding carboxylic acids is 1. The molecule has 0 spiro atoms. The van der Waals surface area contributed by atoms with Gasteiger partial charge in [0.15, 0.2) is 0 Å². The van der Waals surface area contributed by atoms with Crippen molar-refractivity contribution in [1.82, 2.24) is 19.5 Å². The molecule has 1 aliphatic carbocycles. The van der Waals surface area contributed by atoms with E-state index in [4.69, 9.17) is 11.6 Å².